The zero-order valence-corrected chi connectivity index (χ0v) is 18.0. The van der Waals surface area contributed by atoms with E-state index in [-0.39, 0.29) is 22.8 Å². The van der Waals surface area contributed by atoms with E-state index in [1.54, 1.807) is 61.7 Å². The number of carbonyl (C=O) groups is 2. The van der Waals surface area contributed by atoms with Crippen LogP contribution in [0.4, 0.5) is 5.69 Å². The number of Topliss-reactive ketones (excluding diaryl/α,β-unsaturated/α-hetero) is 1. The van der Waals surface area contributed by atoms with Crippen molar-refractivity contribution < 1.29 is 24.5 Å². The third kappa shape index (κ3) is 3.50. The first-order chi connectivity index (χ1) is 15.3. The predicted octanol–water partition coefficient (Wildman–Crippen LogP) is 4.64. The predicted molar refractivity (Wildman–Crippen MR) is 122 cm³/mol. The van der Waals surface area contributed by atoms with Gasteiger partial charge in [-0.15, -0.1) is 0 Å². The molecule has 1 heterocycles. The first kappa shape index (κ1) is 21.2. The largest absolute Gasteiger partial charge is 0.507 e. The molecule has 3 aromatic carbocycles. The van der Waals surface area contributed by atoms with E-state index in [4.69, 9.17) is 4.74 Å². The molecule has 0 aromatic heterocycles. The minimum Gasteiger partial charge on any atom is -0.507 e. The zero-order chi connectivity index (χ0) is 23.0. The first-order valence-electron chi connectivity index (χ1n) is 10.1. The number of phenols is 1. The zero-order valence-electron chi connectivity index (χ0n) is 18.0. The minimum atomic E-state index is -0.921. The lowest BCUT2D eigenvalue weighted by Gasteiger charge is -2.26. The molecule has 4 rings (SSSR count). The van der Waals surface area contributed by atoms with E-state index in [1.165, 1.54) is 11.0 Å². The van der Waals surface area contributed by atoms with Crippen LogP contribution in [0.2, 0.25) is 0 Å². The van der Waals surface area contributed by atoms with Crippen LogP contribution >= 0.6 is 0 Å². The molecular weight excluding hydrogens is 406 g/mol. The first-order valence-corrected chi connectivity index (χ1v) is 10.1. The number of aliphatic hydroxyl groups excluding tert-OH is 1. The van der Waals surface area contributed by atoms with Crippen molar-refractivity contribution in [1.82, 2.24) is 0 Å². The maximum Gasteiger partial charge on any atom is 0.300 e. The molecule has 0 radical (unpaired) electrons. The Morgan fingerprint density at radius 2 is 1.62 bits per heavy atom. The maximum atomic E-state index is 13.2. The molecule has 1 atom stereocenters. The summed E-state index contributed by atoms with van der Waals surface area (Å²) in [5.74, 6) is -1.42. The van der Waals surface area contributed by atoms with Gasteiger partial charge in [0.1, 0.15) is 17.3 Å². The number of aryl methyl sites for hydroxylation is 2. The SMILES string of the molecule is COc1ccc(C2/C(=C(/O)c3ccc(C)c(C)c3)C(=O)C(=O)N2c2ccccc2O)cc1. The Morgan fingerprint density at radius 3 is 2.25 bits per heavy atom. The van der Waals surface area contributed by atoms with Gasteiger partial charge in [-0.25, -0.2) is 0 Å². The molecule has 1 saturated heterocycles. The van der Waals surface area contributed by atoms with E-state index in [2.05, 4.69) is 0 Å². The van der Waals surface area contributed by atoms with Gasteiger partial charge < -0.3 is 14.9 Å². The second-order valence-corrected chi connectivity index (χ2v) is 7.73. The number of nitrogens with zero attached hydrogens (tertiary/aromatic N) is 1. The summed E-state index contributed by atoms with van der Waals surface area (Å²) in [7, 11) is 1.54. The van der Waals surface area contributed by atoms with Crippen molar-refractivity contribution in [2.24, 2.45) is 0 Å². The van der Waals surface area contributed by atoms with Gasteiger partial charge in [-0.2, -0.15) is 0 Å². The molecule has 6 heteroatoms. The van der Waals surface area contributed by atoms with Crippen molar-refractivity contribution in [1.29, 1.82) is 0 Å². The fourth-order valence-corrected chi connectivity index (χ4v) is 3.89. The van der Waals surface area contributed by atoms with Gasteiger partial charge in [0, 0.05) is 5.56 Å². The van der Waals surface area contributed by atoms with Crippen molar-refractivity contribution in [2.45, 2.75) is 19.9 Å². The van der Waals surface area contributed by atoms with Crippen LogP contribution in [0.15, 0.2) is 72.3 Å². The monoisotopic (exact) mass is 429 g/mol. The third-order valence-corrected chi connectivity index (χ3v) is 5.80. The molecule has 0 bridgehead atoms. The van der Waals surface area contributed by atoms with E-state index in [9.17, 15) is 19.8 Å². The molecule has 6 nitrogen and oxygen atoms in total. The van der Waals surface area contributed by atoms with E-state index in [1.807, 2.05) is 19.9 Å². The Hall–Kier alpha value is -4.06. The van der Waals surface area contributed by atoms with Crippen LogP contribution in [0, 0.1) is 13.8 Å². The van der Waals surface area contributed by atoms with Crippen LogP contribution in [0.25, 0.3) is 5.76 Å². The molecule has 2 N–H and O–H groups in total. The molecular formula is C26H23NO5. The van der Waals surface area contributed by atoms with E-state index in [0.29, 0.717) is 16.9 Å². The summed E-state index contributed by atoms with van der Waals surface area (Å²) in [4.78, 5) is 27.5. The molecule has 1 aliphatic heterocycles. The number of aromatic hydroxyl groups is 1. The summed E-state index contributed by atoms with van der Waals surface area (Å²) < 4.78 is 5.22. The van der Waals surface area contributed by atoms with Gasteiger partial charge in [0.15, 0.2) is 0 Å². The Bertz CT molecular complexity index is 1240. The van der Waals surface area contributed by atoms with Crippen LogP contribution in [-0.4, -0.2) is 29.0 Å². The summed E-state index contributed by atoms with van der Waals surface area (Å²) in [5, 5.41) is 21.6. The number of benzene rings is 3. The number of amides is 1. The second-order valence-electron chi connectivity index (χ2n) is 7.73. The number of hydrogen-bond donors (Lipinski definition) is 2. The molecule has 0 spiro atoms. The number of para-hydroxylation sites is 2. The highest BCUT2D eigenvalue weighted by Gasteiger charge is 2.47. The number of hydrogen-bond acceptors (Lipinski definition) is 5. The van der Waals surface area contributed by atoms with Gasteiger partial charge in [0.2, 0.25) is 0 Å². The van der Waals surface area contributed by atoms with Crippen LogP contribution in [-0.2, 0) is 9.59 Å². The van der Waals surface area contributed by atoms with Crippen LogP contribution < -0.4 is 9.64 Å². The molecule has 1 aliphatic rings. The molecule has 162 valence electrons. The standard InChI is InChI=1S/C26H23NO5/c1-15-8-9-18(14-16(15)2)24(29)22-23(17-10-12-19(32-3)13-11-17)27(26(31)25(22)30)20-6-4-5-7-21(20)28/h4-14,23,28-29H,1-3H3/b24-22-. The summed E-state index contributed by atoms with van der Waals surface area (Å²) in [5.41, 5.74) is 3.19. The fourth-order valence-electron chi connectivity index (χ4n) is 3.89. The highest BCUT2D eigenvalue weighted by molar-refractivity contribution is 6.51. The van der Waals surface area contributed by atoms with Gasteiger partial charge in [0.25, 0.3) is 11.7 Å². The van der Waals surface area contributed by atoms with Crippen LogP contribution in [0.5, 0.6) is 11.5 Å². The Labute approximate surface area is 186 Å². The molecule has 1 amide bonds. The molecule has 32 heavy (non-hydrogen) atoms. The Kier molecular flexibility index (Phi) is 5.45. The lowest BCUT2D eigenvalue weighted by Crippen LogP contribution is -2.29. The molecule has 3 aromatic rings. The van der Waals surface area contributed by atoms with Crippen molar-refractivity contribution >= 4 is 23.1 Å². The average molecular weight is 429 g/mol. The number of ether oxygens (including phenoxy) is 1. The van der Waals surface area contributed by atoms with E-state index in [0.717, 1.165) is 11.1 Å². The van der Waals surface area contributed by atoms with Gasteiger partial charge in [-0.1, -0.05) is 36.4 Å². The lowest BCUT2D eigenvalue weighted by molar-refractivity contribution is -0.132. The minimum absolute atomic E-state index is 0.0355. The number of anilines is 1. The smallest absolute Gasteiger partial charge is 0.300 e. The quantitative estimate of drug-likeness (QED) is 0.358. The number of aliphatic hydroxyl groups is 1. The number of rotatable bonds is 4. The summed E-state index contributed by atoms with van der Waals surface area (Å²) in [6.45, 7) is 3.86. The van der Waals surface area contributed by atoms with Crippen molar-refractivity contribution in [3.05, 3.63) is 94.6 Å². The highest BCUT2D eigenvalue weighted by atomic mass is 16.5. The molecule has 1 unspecified atom stereocenters. The molecule has 1 fully saturated rings. The third-order valence-electron chi connectivity index (χ3n) is 5.80. The summed E-state index contributed by atoms with van der Waals surface area (Å²) in [6, 6.07) is 17.6. The Balaban J connectivity index is 1.96. The Morgan fingerprint density at radius 1 is 0.938 bits per heavy atom. The summed E-state index contributed by atoms with van der Waals surface area (Å²) >= 11 is 0. The molecule has 0 saturated carbocycles. The van der Waals surface area contributed by atoms with E-state index >= 15 is 0 Å². The van der Waals surface area contributed by atoms with Crippen molar-refractivity contribution in [2.75, 3.05) is 12.0 Å². The second kappa shape index (κ2) is 8.23. The number of ketones is 1. The average Bonchev–Trinajstić information content (AvgIpc) is 3.06. The van der Waals surface area contributed by atoms with Crippen molar-refractivity contribution in [3.63, 3.8) is 0 Å². The van der Waals surface area contributed by atoms with Gasteiger partial charge in [-0.3, -0.25) is 14.5 Å². The van der Waals surface area contributed by atoms with E-state index < -0.39 is 17.7 Å². The van der Waals surface area contributed by atoms with Gasteiger partial charge >= 0.3 is 0 Å². The topological polar surface area (TPSA) is 87.1 Å². The van der Waals surface area contributed by atoms with Gasteiger partial charge in [-0.05, 0) is 60.9 Å². The lowest BCUT2D eigenvalue weighted by atomic mass is 9.94. The molecule has 0 aliphatic carbocycles. The normalized spacial score (nSPS) is 17.6. The number of methoxy groups -OCH3 is 1. The van der Waals surface area contributed by atoms with Crippen molar-refractivity contribution in [3.8, 4) is 11.5 Å². The maximum absolute atomic E-state index is 13.2. The van der Waals surface area contributed by atoms with Crippen LogP contribution in [0.3, 0.4) is 0 Å². The number of carbonyl (C=O) groups excluding carboxylic acids is 2. The van der Waals surface area contributed by atoms with Crippen LogP contribution in [0.1, 0.15) is 28.3 Å². The number of phenolic OH excluding ortho intramolecular Hbond substituents is 1. The highest BCUT2D eigenvalue weighted by Crippen LogP contribution is 2.44. The van der Waals surface area contributed by atoms with Gasteiger partial charge in [0.05, 0.1) is 24.4 Å². The fraction of sp³-hybridized carbons (Fsp3) is 0.154. The summed E-state index contributed by atoms with van der Waals surface area (Å²) in [6.07, 6.45) is 0.